The Labute approximate surface area is 141 Å². The van der Waals surface area contributed by atoms with E-state index in [-0.39, 0.29) is 56.9 Å². The summed E-state index contributed by atoms with van der Waals surface area (Å²) >= 11 is 0. The smallest absolute Gasteiger partial charge is 0.307 e. The number of carbonyl (C=O) groups is 2. The fourth-order valence-electron chi connectivity index (χ4n) is 2.05. The monoisotopic (exact) mass is 341 g/mol. The van der Waals surface area contributed by atoms with E-state index in [2.05, 4.69) is 0 Å². The number of hydrogen-bond donors (Lipinski definition) is 1. The van der Waals surface area contributed by atoms with Crippen LogP contribution in [0.1, 0.15) is 18.9 Å². The Bertz CT molecular complexity index is 506. The fraction of sp³-hybridized carbons (Fsp3) is 0.529. The minimum atomic E-state index is -0.367. The van der Waals surface area contributed by atoms with Crippen LogP contribution in [0.15, 0.2) is 24.3 Å². The molecule has 0 aromatic heterocycles. The van der Waals surface area contributed by atoms with E-state index in [4.69, 9.17) is 14.6 Å². The van der Waals surface area contributed by atoms with Crippen LogP contribution in [0.5, 0.6) is 0 Å². The summed E-state index contributed by atoms with van der Waals surface area (Å²) in [5.41, 5.74) is 0.693. The topological polar surface area (TPSA) is 76.1 Å². The molecule has 0 unspecified atom stereocenters. The van der Waals surface area contributed by atoms with Crippen LogP contribution in [0.25, 0.3) is 0 Å². The van der Waals surface area contributed by atoms with Crippen molar-refractivity contribution in [2.24, 2.45) is 0 Å². The van der Waals surface area contributed by atoms with E-state index in [1.54, 1.807) is 19.1 Å². The lowest BCUT2D eigenvalue weighted by molar-refractivity contribution is -0.144. The predicted octanol–water partition coefficient (Wildman–Crippen LogP) is 1.16. The zero-order valence-electron chi connectivity index (χ0n) is 13.9. The van der Waals surface area contributed by atoms with Crippen molar-refractivity contribution in [3.63, 3.8) is 0 Å². The van der Waals surface area contributed by atoms with Crippen LogP contribution in [0.3, 0.4) is 0 Å². The van der Waals surface area contributed by atoms with Gasteiger partial charge in [0.15, 0.2) is 0 Å². The van der Waals surface area contributed by atoms with Crippen molar-refractivity contribution >= 4 is 11.9 Å². The molecule has 0 saturated heterocycles. The number of amides is 1. The third kappa shape index (κ3) is 8.03. The second-order valence-corrected chi connectivity index (χ2v) is 5.08. The molecule has 0 spiro atoms. The first-order valence-electron chi connectivity index (χ1n) is 7.93. The molecule has 0 aliphatic rings. The number of rotatable bonds is 11. The van der Waals surface area contributed by atoms with Crippen molar-refractivity contribution in [3.05, 3.63) is 35.6 Å². The number of nitrogens with zero attached hydrogens (tertiary/aromatic N) is 1. The molecule has 1 amide bonds. The maximum atomic E-state index is 12.9. The molecule has 24 heavy (non-hydrogen) atoms. The molecule has 7 heteroatoms. The van der Waals surface area contributed by atoms with Crippen LogP contribution in [0.4, 0.5) is 4.39 Å². The number of esters is 1. The molecule has 1 aromatic carbocycles. The third-order valence-electron chi connectivity index (χ3n) is 3.25. The van der Waals surface area contributed by atoms with Gasteiger partial charge in [0.25, 0.3) is 0 Å². The lowest BCUT2D eigenvalue weighted by Gasteiger charge is -2.22. The van der Waals surface area contributed by atoms with E-state index >= 15 is 0 Å². The predicted molar refractivity (Wildman–Crippen MR) is 85.8 cm³/mol. The van der Waals surface area contributed by atoms with Crippen molar-refractivity contribution in [2.45, 2.75) is 19.8 Å². The Balaban J connectivity index is 2.58. The first kappa shape index (κ1) is 20.1. The summed E-state index contributed by atoms with van der Waals surface area (Å²) in [7, 11) is 0. The number of carbonyl (C=O) groups excluding carboxylic acids is 2. The van der Waals surface area contributed by atoms with Crippen LogP contribution in [0, 0.1) is 5.82 Å². The highest BCUT2D eigenvalue weighted by atomic mass is 19.1. The first-order valence-corrected chi connectivity index (χ1v) is 7.93. The molecule has 1 N–H and O–H groups in total. The van der Waals surface area contributed by atoms with Crippen molar-refractivity contribution in [1.82, 2.24) is 4.90 Å². The van der Waals surface area contributed by atoms with Crippen molar-refractivity contribution < 1.29 is 28.6 Å². The van der Waals surface area contributed by atoms with Crippen LogP contribution in [-0.4, -0.2) is 61.4 Å². The molecule has 0 aliphatic carbocycles. The first-order chi connectivity index (χ1) is 11.6. The van der Waals surface area contributed by atoms with E-state index in [0.29, 0.717) is 18.7 Å². The average molecular weight is 341 g/mol. The zero-order chi connectivity index (χ0) is 17.8. The lowest BCUT2D eigenvalue weighted by atomic mass is 10.1. The van der Waals surface area contributed by atoms with Crippen LogP contribution in [0.2, 0.25) is 0 Å². The van der Waals surface area contributed by atoms with Crippen LogP contribution < -0.4 is 0 Å². The Kier molecular flexibility index (Phi) is 9.64. The molecule has 0 fully saturated rings. The van der Waals surface area contributed by atoms with Gasteiger partial charge >= 0.3 is 5.97 Å². The van der Waals surface area contributed by atoms with Gasteiger partial charge in [-0.15, -0.1) is 0 Å². The van der Waals surface area contributed by atoms with Gasteiger partial charge in [0.05, 0.1) is 39.3 Å². The number of hydrogen-bond acceptors (Lipinski definition) is 5. The minimum Gasteiger partial charge on any atom is -0.466 e. The molecule has 1 rings (SSSR count). The molecule has 6 nitrogen and oxygen atoms in total. The summed E-state index contributed by atoms with van der Waals surface area (Å²) in [5, 5.41) is 8.70. The van der Waals surface area contributed by atoms with Gasteiger partial charge in [-0.1, -0.05) is 12.1 Å². The lowest BCUT2D eigenvalue weighted by Crippen LogP contribution is -2.37. The number of halogens is 1. The van der Waals surface area contributed by atoms with E-state index in [0.717, 1.165) is 0 Å². The quantitative estimate of drug-likeness (QED) is 0.483. The van der Waals surface area contributed by atoms with Crippen LogP contribution in [-0.2, 0) is 25.5 Å². The number of aliphatic hydroxyl groups excluding tert-OH is 1. The summed E-state index contributed by atoms with van der Waals surface area (Å²) in [6, 6.07) is 5.71. The number of benzene rings is 1. The molecule has 0 atom stereocenters. The zero-order valence-corrected chi connectivity index (χ0v) is 13.9. The SMILES string of the molecule is CCOC(=O)CCN(CCOCCO)C(=O)Cc1ccc(F)cc1. The maximum Gasteiger partial charge on any atom is 0.307 e. The molecular formula is C17H24FNO5. The Hall–Kier alpha value is -1.99. The van der Waals surface area contributed by atoms with Gasteiger partial charge in [0.2, 0.25) is 5.91 Å². The van der Waals surface area contributed by atoms with Crippen molar-refractivity contribution in [3.8, 4) is 0 Å². The second kappa shape index (κ2) is 11.5. The highest BCUT2D eigenvalue weighted by Gasteiger charge is 2.16. The second-order valence-electron chi connectivity index (χ2n) is 5.08. The Morgan fingerprint density at radius 1 is 1.17 bits per heavy atom. The van der Waals surface area contributed by atoms with Crippen molar-refractivity contribution in [2.75, 3.05) is 39.5 Å². The molecule has 0 bridgehead atoms. The molecule has 1 aromatic rings. The summed E-state index contributed by atoms with van der Waals surface area (Å²) in [6.45, 7) is 2.91. The van der Waals surface area contributed by atoms with Gasteiger partial charge < -0.3 is 19.5 Å². The standard InChI is InChI=1S/C17H24FNO5/c1-2-24-17(22)7-8-19(9-11-23-12-10-20)16(21)13-14-3-5-15(18)6-4-14/h3-6,20H,2,7-13H2,1H3. The summed E-state index contributed by atoms with van der Waals surface area (Å²) in [6.07, 6.45) is 0.214. The normalized spacial score (nSPS) is 10.5. The van der Waals surface area contributed by atoms with Gasteiger partial charge in [-0.3, -0.25) is 9.59 Å². The molecule has 134 valence electrons. The van der Waals surface area contributed by atoms with E-state index in [1.165, 1.54) is 17.0 Å². The van der Waals surface area contributed by atoms with E-state index in [1.807, 2.05) is 0 Å². The molecular weight excluding hydrogens is 317 g/mol. The van der Waals surface area contributed by atoms with Gasteiger partial charge in [-0.2, -0.15) is 0 Å². The molecule has 0 heterocycles. The summed E-state index contributed by atoms with van der Waals surface area (Å²) in [4.78, 5) is 25.4. The Morgan fingerprint density at radius 3 is 2.50 bits per heavy atom. The molecule has 0 aliphatic heterocycles. The average Bonchev–Trinajstić information content (AvgIpc) is 2.56. The number of aliphatic hydroxyl groups is 1. The number of ether oxygens (including phenoxy) is 2. The highest BCUT2D eigenvalue weighted by molar-refractivity contribution is 5.79. The largest absolute Gasteiger partial charge is 0.466 e. The van der Waals surface area contributed by atoms with Crippen molar-refractivity contribution in [1.29, 1.82) is 0 Å². The van der Waals surface area contributed by atoms with Gasteiger partial charge in [-0.25, -0.2) is 4.39 Å². The minimum absolute atomic E-state index is 0.0909. The maximum absolute atomic E-state index is 12.9. The fourth-order valence-corrected chi connectivity index (χ4v) is 2.05. The molecule has 0 saturated carbocycles. The molecule has 0 radical (unpaired) electrons. The van der Waals surface area contributed by atoms with Crippen LogP contribution >= 0.6 is 0 Å². The summed E-state index contributed by atoms with van der Waals surface area (Å²) in [5.74, 6) is -0.908. The Morgan fingerprint density at radius 2 is 1.88 bits per heavy atom. The van der Waals surface area contributed by atoms with E-state index in [9.17, 15) is 14.0 Å². The highest BCUT2D eigenvalue weighted by Crippen LogP contribution is 2.06. The van der Waals surface area contributed by atoms with E-state index < -0.39 is 0 Å². The van der Waals surface area contributed by atoms with Gasteiger partial charge in [0, 0.05) is 13.1 Å². The third-order valence-corrected chi connectivity index (χ3v) is 3.25. The van der Waals surface area contributed by atoms with Gasteiger partial charge in [-0.05, 0) is 24.6 Å². The van der Waals surface area contributed by atoms with Gasteiger partial charge in [0.1, 0.15) is 5.82 Å². The summed E-state index contributed by atoms with van der Waals surface area (Å²) < 4.78 is 23.0.